The molecule has 0 spiro atoms. The van der Waals surface area contributed by atoms with Crippen LogP contribution in [0.15, 0.2) is 35.5 Å². The van der Waals surface area contributed by atoms with Gasteiger partial charge in [-0.25, -0.2) is 9.37 Å². The lowest BCUT2D eigenvalue weighted by Crippen LogP contribution is -2.42. The Morgan fingerprint density at radius 3 is 2.83 bits per heavy atom. The number of aromatic nitrogens is 1. The van der Waals surface area contributed by atoms with E-state index < -0.39 is 0 Å². The van der Waals surface area contributed by atoms with Crippen LogP contribution in [0.5, 0.6) is 0 Å². The molecule has 0 saturated heterocycles. The summed E-state index contributed by atoms with van der Waals surface area (Å²) in [5.41, 5.74) is 1.12. The van der Waals surface area contributed by atoms with Crippen LogP contribution in [0, 0.1) is 12.7 Å². The van der Waals surface area contributed by atoms with Gasteiger partial charge in [0.2, 0.25) is 0 Å². The zero-order valence-corrected chi connectivity index (χ0v) is 14.9. The maximum Gasteiger partial charge on any atom is 0.191 e. The Morgan fingerprint density at radius 1 is 1.38 bits per heavy atom. The van der Waals surface area contributed by atoms with Gasteiger partial charge in [-0.3, -0.25) is 4.99 Å². The molecule has 2 aromatic rings. The third-order valence-electron chi connectivity index (χ3n) is 4.41. The summed E-state index contributed by atoms with van der Waals surface area (Å²) in [6.07, 6.45) is 4.95. The first-order chi connectivity index (χ1) is 11.6. The molecule has 1 saturated carbocycles. The van der Waals surface area contributed by atoms with Crippen LogP contribution in [0.4, 0.5) is 4.39 Å². The molecule has 6 heteroatoms. The van der Waals surface area contributed by atoms with Gasteiger partial charge < -0.3 is 10.6 Å². The number of halogens is 1. The van der Waals surface area contributed by atoms with E-state index in [4.69, 9.17) is 0 Å². The Balaban J connectivity index is 1.49. The van der Waals surface area contributed by atoms with Crippen molar-refractivity contribution in [2.75, 3.05) is 20.1 Å². The number of aryl methyl sites for hydroxylation is 1. The molecule has 0 unspecified atom stereocenters. The van der Waals surface area contributed by atoms with Gasteiger partial charge >= 0.3 is 0 Å². The van der Waals surface area contributed by atoms with E-state index in [0.717, 1.165) is 48.9 Å². The molecule has 2 N–H and O–H groups in total. The van der Waals surface area contributed by atoms with Crippen LogP contribution in [-0.2, 0) is 11.8 Å². The topological polar surface area (TPSA) is 49.3 Å². The van der Waals surface area contributed by atoms with Gasteiger partial charge in [0.15, 0.2) is 5.96 Å². The molecule has 128 valence electrons. The zero-order valence-electron chi connectivity index (χ0n) is 14.1. The van der Waals surface area contributed by atoms with Crippen LogP contribution in [0.1, 0.15) is 28.3 Å². The molecular formula is C18H23FN4S. The first kappa shape index (κ1) is 16.9. The van der Waals surface area contributed by atoms with Crippen molar-refractivity contribution in [3.05, 3.63) is 51.7 Å². The van der Waals surface area contributed by atoms with Gasteiger partial charge in [0, 0.05) is 43.0 Å². The quantitative estimate of drug-likeness (QED) is 0.624. The molecule has 1 aliphatic rings. The molecule has 1 fully saturated rings. The third kappa shape index (κ3) is 4.12. The lowest BCUT2D eigenvalue weighted by Gasteiger charge is -2.19. The molecule has 0 radical (unpaired) electrons. The van der Waals surface area contributed by atoms with Gasteiger partial charge in [0.25, 0.3) is 0 Å². The number of hydrogen-bond donors (Lipinski definition) is 2. The minimum absolute atomic E-state index is 0.0478. The standard InChI is InChI=1S/C18H23FN4S/c1-13-11-22-16(24-13)6-9-21-17(20-2)23-12-18(7-8-18)14-4-3-5-15(19)10-14/h3-5,10-11H,6-9,12H2,1-2H3,(H2,20,21,23). The van der Waals surface area contributed by atoms with Crippen LogP contribution in [-0.4, -0.2) is 31.1 Å². The minimum atomic E-state index is -0.167. The van der Waals surface area contributed by atoms with Crippen LogP contribution in [0.3, 0.4) is 0 Å². The molecule has 1 heterocycles. The maximum atomic E-state index is 13.5. The monoisotopic (exact) mass is 346 g/mol. The molecule has 3 rings (SSSR count). The van der Waals surface area contributed by atoms with Crippen molar-refractivity contribution in [2.45, 2.75) is 31.6 Å². The zero-order chi connectivity index (χ0) is 17.0. The Morgan fingerprint density at radius 2 is 2.21 bits per heavy atom. The molecule has 1 aliphatic carbocycles. The average molecular weight is 346 g/mol. The SMILES string of the molecule is CN=C(NCCc1ncc(C)s1)NCC1(c2cccc(F)c2)CC1. The number of thiazole rings is 1. The van der Waals surface area contributed by atoms with Gasteiger partial charge in [0.05, 0.1) is 5.01 Å². The summed E-state index contributed by atoms with van der Waals surface area (Å²) in [6, 6.07) is 6.94. The summed E-state index contributed by atoms with van der Waals surface area (Å²) in [6.45, 7) is 3.63. The number of nitrogens with zero attached hydrogens (tertiary/aromatic N) is 2. The molecule has 4 nitrogen and oxygen atoms in total. The normalized spacial score (nSPS) is 16.0. The molecular weight excluding hydrogens is 323 g/mol. The fourth-order valence-corrected chi connectivity index (χ4v) is 3.60. The van der Waals surface area contributed by atoms with Crippen molar-refractivity contribution in [2.24, 2.45) is 4.99 Å². The van der Waals surface area contributed by atoms with E-state index >= 15 is 0 Å². The van der Waals surface area contributed by atoms with Crippen LogP contribution in [0.2, 0.25) is 0 Å². The van der Waals surface area contributed by atoms with E-state index in [2.05, 4.69) is 27.5 Å². The van der Waals surface area contributed by atoms with Gasteiger partial charge in [-0.15, -0.1) is 11.3 Å². The van der Waals surface area contributed by atoms with Gasteiger partial charge in [-0.1, -0.05) is 12.1 Å². The number of hydrogen-bond acceptors (Lipinski definition) is 3. The van der Waals surface area contributed by atoms with Crippen molar-refractivity contribution in [1.82, 2.24) is 15.6 Å². The summed E-state index contributed by atoms with van der Waals surface area (Å²) in [5.74, 6) is 0.617. The summed E-state index contributed by atoms with van der Waals surface area (Å²) < 4.78 is 13.5. The highest BCUT2D eigenvalue weighted by Gasteiger charge is 2.44. The van der Waals surface area contributed by atoms with E-state index in [-0.39, 0.29) is 11.2 Å². The molecule has 24 heavy (non-hydrogen) atoms. The van der Waals surface area contributed by atoms with Crippen molar-refractivity contribution in [3.63, 3.8) is 0 Å². The Hall–Kier alpha value is -1.95. The molecule has 0 amide bonds. The van der Waals surface area contributed by atoms with Crippen molar-refractivity contribution in [1.29, 1.82) is 0 Å². The highest BCUT2D eigenvalue weighted by Crippen LogP contribution is 2.47. The molecule has 1 aromatic heterocycles. The van der Waals surface area contributed by atoms with Crippen LogP contribution < -0.4 is 10.6 Å². The largest absolute Gasteiger partial charge is 0.356 e. The maximum absolute atomic E-state index is 13.5. The number of rotatable bonds is 6. The second-order valence-electron chi connectivity index (χ2n) is 6.26. The van der Waals surface area contributed by atoms with Gasteiger partial charge in [-0.2, -0.15) is 0 Å². The van der Waals surface area contributed by atoms with E-state index in [0.29, 0.717) is 0 Å². The van der Waals surface area contributed by atoms with Crippen molar-refractivity contribution < 1.29 is 4.39 Å². The number of aliphatic imine (C=N–C) groups is 1. The van der Waals surface area contributed by atoms with E-state index in [1.807, 2.05) is 12.3 Å². The lowest BCUT2D eigenvalue weighted by atomic mass is 9.96. The predicted octanol–water partition coefficient (Wildman–Crippen LogP) is 3.03. The van der Waals surface area contributed by atoms with E-state index in [9.17, 15) is 4.39 Å². The second kappa shape index (κ2) is 7.30. The predicted molar refractivity (Wildman–Crippen MR) is 97.2 cm³/mol. The third-order valence-corrected chi connectivity index (χ3v) is 5.38. The molecule has 0 aliphatic heterocycles. The fourth-order valence-electron chi connectivity index (χ4n) is 2.82. The van der Waals surface area contributed by atoms with Gasteiger partial charge in [-0.05, 0) is 37.5 Å². The smallest absolute Gasteiger partial charge is 0.191 e. The van der Waals surface area contributed by atoms with E-state index in [1.54, 1.807) is 30.5 Å². The summed E-state index contributed by atoms with van der Waals surface area (Å²) >= 11 is 1.73. The Labute approximate surface area is 146 Å². The Kier molecular flexibility index (Phi) is 5.14. The molecule has 0 bridgehead atoms. The number of benzene rings is 1. The van der Waals surface area contributed by atoms with Crippen LogP contribution in [0.25, 0.3) is 0 Å². The molecule has 0 atom stereocenters. The molecule has 1 aromatic carbocycles. The highest BCUT2D eigenvalue weighted by atomic mass is 32.1. The summed E-state index contributed by atoms with van der Waals surface area (Å²) in [4.78, 5) is 9.87. The summed E-state index contributed by atoms with van der Waals surface area (Å²) in [7, 11) is 1.77. The minimum Gasteiger partial charge on any atom is -0.356 e. The second-order valence-corrected chi connectivity index (χ2v) is 7.58. The first-order valence-corrected chi connectivity index (χ1v) is 9.05. The van der Waals surface area contributed by atoms with Crippen LogP contribution >= 0.6 is 11.3 Å². The van der Waals surface area contributed by atoms with E-state index in [1.165, 1.54) is 10.9 Å². The first-order valence-electron chi connectivity index (χ1n) is 8.23. The number of guanidine groups is 1. The average Bonchev–Trinajstić information content (AvgIpc) is 3.26. The fraction of sp³-hybridized carbons (Fsp3) is 0.444. The lowest BCUT2D eigenvalue weighted by molar-refractivity contribution is 0.607. The van der Waals surface area contributed by atoms with Crippen molar-refractivity contribution in [3.8, 4) is 0 Å². The number of nitrogens with one attached hydrogen (secondary N) is 2. The van der Waals surface area contributed by atoms with Gasteiger partial charge in [0.1, 0.15) is 5.82 Å². The summed E-state index contributed by atoms with van der Waals surface area (Å²) in [5, 5.41) is 7.84. The Bertz CT molecular complexity index is 721. The van der Waals surface area contributed by atoms with Crippen molar-refractivity contribution >= 4 is 17.3 Å². The highest BCUT2D eigenvalue weighted by molar-refractivity contribution is 7.11.